The van der Waals surface area contributed by atoms with Crippen molar-refractivity contribution in [2.45, 2.75) is 38.5 Å². The van der Waals surface area contributed by atoms with Gasteiger partial charge < -0.3 is 58.9 Å². The van der Waals surface area contributed by atoms with Crippen LogP contribution in [-0.2, 0) is 9.59 Å². The second-order valence-electron chi connectivity index (χ2n) is 23.7. The van der Waals surface area contributed by atoms with Crippen LogP contribution in [-0.4, -0.2) is 180 Å². The van der Waals surface area contributed by atoms with Crippen LogP contribution < -0.4 is 68.5 Å². The van der Waals surface area contributed by atoms with Gasteiger partial charge in [0, 0.05) is 127 Å². The molecular weight excluding hydrogens is 1500 g/mol. The van der Waals surface area contributed by atoms with Gasteiger partial charge in [0.15, 0.2) is 28.4 Å². The Hall–Kier alpha value is -7.85. The Bertz CT molecular complexity index is 4760. The Balaban J connectivity index is 0.000000162. The maximum absolute atomic E-state index is 14.5. The molecule has 0 unspecified atom stereocenters. The van der Waals surface area contributed by atoms with E-state index in [-0.39, 0.29) is 85.8 Å². The summed E-state index contributed by atoms with van der Waals surface area (Å²) in [4.78, 5) is 35.7. The molecule has 0 bridgehead atoms. The zero-order valence-corrected chi connectivity index (χ0v) is 64.7. The minimum atomic E-state index is -0.592. The summed E-state index contributed by atoms with van der Waals surface area (Å²) in [6.07, 6.45) is 9.84. The molecule has 0 atom stereocenters. The molecule has 32 heteroatoms. The summed E-state index contributed by atoms with van der Waals surface area (Å²) >= 11 is 43.5. The minimum Gasteiger partial charge on any atom is -0.857 e. The average molecular weight is 1570 g/mol. The Labute approximate surface area is 655 Å². The summed E-state index contributed by atoms with van der Waals surface area (Å²) in [6, 6.07) is 22.0. The van der Waals surface area contributed by atoms with Gasteiger partial charge in [-0.05, 0) is 123 Å². The van der Waals surface area contributed by atoms with E-state index in [0.29, 0.717) is 128 Å². The van der Waals surface area contributed by atoms with Crippen molar-refractivity contribution in [1.82, 2.24) is 50.6 Å². The molecule has 4 aromatic heterocycles. The van der Waals surface area contributed by atoms with Gasteiger partial charge in [-0.1, -0.05) is 106 Å². The van der Waals surface area contributed by atoms with Crippen LogP contribution in [0.5, 0.6) is 29.1 Å². The Morgan fingerprint density at radius 3 is 1.06 bits per heavy atom. The third-order valence-electron chi connectivity index (χ3n) is 17.7. The van der Waals surface area contributed by atoms with Crippen LogP contribution in [0.4, 0.5) is 32.1 Å². The van der Waals surface area contributed by atoms with Crippen molar-refractivity contribution in [3.63, 3.8) is 0 Å². The topological polar surface area (TPSA) is 248 Å². The van der Waals surface area contributed by atoms with Gasteiger partial charge in [-0.2, -0.15) is 7.11 Å². The molecule has 4 aliphatic heterocycles. The number of amides is 2. The molecule has 4 saturated heterocycles. The van der Waals surface area contributed by atoms with Gasteiger partial charge in [-0.3, -0.25) is 9.59 Å². The van der Waals surface area contributed by atoms with E-state index >= 15 is 0 Å². The molecule has 14 rings (SSSR count). The van der Waals surface area contributed by atoms with Crippen LogP contribution in [0.2, 0.25) is 35.3 Å². The number of fused-ring (bicyclic) bond motifs is 4. The van der Waals surface area contributed by atoms with Gasteiger partial charge in [0.25, 0.3) is 0 Å². The molecule has 0 aliphatic carbocycles. The number of hydrogen-bond donors (Lipinski definition) is 2. The van der Waals surface area contributed by atoms with E-state index in [0.717, 1.165) is 66.5 Å². The number of phenols is 2. The number of hydrogen-bond acceptors (Lipinski definition) is 20. The van der Waals surface area contributed by atoms with Crippen LogP contribution in [0, 0.1) is 11.6 Å². The first-order chi connectivity index (χ1) is 49.7. The number of phenolic OH excluding ortho intramolecular Hbond substituents is 2. The molecule has 6 aromatic carbocycles. The number of nitrogens with zero attached hydrogens (tertiary/aromatic N) is 14. The fraction of sp³-hybridized carbons (Fsp3) is 0.306. The van der Waals surface area contributed by atoms with Crippen LogP contribution in [0.15, 0.2) is 110 Å². The summed E-state index contributed by atoms with van der Waals surface area (Å²) in [5, 5.41) is 71.3. The Morgan fingerprint density at radius 1 is 0.413 bits per heavy atom. The van der Waals surface area contributed by atoms with Crippen molar-refractivity contribution in [3.8, 4) is 51.4 Å². The average Bonchev–Trinajstić information content (AvgIpc) is 0.765. The van der Waals surface area contributed by atoms with Crippen molar-refractivity contribution in [2.75, 3.05) is 127 Å². The SMILES string of the molecule is C=CC(=O)N1CCN(c2nnc(OC)c3cc(-c4c(O)cccc4F)c(Cl)cc23)CC1.C=CC(=O)N1CCN(c2nnc(OC)c3cc(Cl)c(-c4c(O)cccc4F)cc23)CC1.COc1nnc(N2CCCCC2)c2cc(Cl)c(Cl)cc12.C[O-].Clc1cc2c(Cl)nnc(N3CCCCC3)c2cc1Cl.[Na+]. The summed E-state index contributed by atoms with van der Waals surface area (Å²) in [5.41, 5.74) is 0.675. The summed E-state index contributed by atoms with van der Waals surface area (Å²) in [5.74, 6) is 2.03. The minimum absolute atomic E-state index is 0. The normalized spacial score (nSPS) is 14.4. The molecule has 0 radical (unpaired) electrons. The quantitative estimate of drug-likeness (QED) is 0.0902. The third-order valence-corrected chi connectivity index (χ3v) is 20.0. The largest absolute Gasteiger partial charge is 1.00 e. The van der Waals surface area contributed by atoms with Gasteiger partial charge in [0.1, 0.15) is 23.1 Å². The van der Waals surface area contributed by atoms with E-state index < -0.39 is 11.6 Å². The maximum Gasteiger partial charge on any atom is 1.00 e. The molecule has 4 fully saturated rings. The van der Waals surface area contributed by atoms with Crippen molar-refractivity contribution in [1.29, 1.82) is 0 Å². The van der Waals surface area contributed by atoms with Crippen LogP contribution in [0.25, 0.3) is 65.3 Å². The number of carbonyl (C=O) groups is 2. The fourth-order valence-corrected chi connectivity index (χ4v) is 13.9. The van der Waals surface area contributed by atoms with E-state index in [9.17, 15) is 28.6 Å². The van der Waals surface area contributed by atoms with Crippen LogP contribution in [0.1, 0.15) is 38.5 Å². The number of methoxy groups -OCH3 is 3. The number of anilines is 4. The first-order valence-corrected chi connectivity index (χ1v) is 35.2. The number of piperazine rings is 2. The smallest absolute Gasteiger partial charge is 0.857 e. The molecule has 2 amide bonds. The van der Waals surface area contributed by atoms with Crippen molar-refractivity contribution in [3.05, 3.63) is 157 Å². The van der Waals surface area contributed by atoms with Crippen molar-refractivity contribution >= 4 is 159 Å². The maximum atomic E-state index is 14.5. The van der Waals surface area contributed by atoms with Gasteiger partial charge in [0.2, 0.25) is 29.5 Å². The molecule has 22 nitrogen and oxygen atoms in total. The summed E-state index contributed by atoms with van der Waals surface area (Å²) in [6.45, 7) is 15.3. The molecule has 540 valence electrons. The van der Waals surface area contributed by atoms with Crippen LogP contribution in [0.3, 0.4) is 0 Å². The predicted octanol–water partition coefficient (Wildman–Crippen LogP) is 11.8. The Morgan fingerprint density at radius 2 is 0.702 bits per heavy atom. The summed E-state index contributed by atoms with van der Waals surface area (Å²) in [7, 11) is 5.28. The number of piperidine rings is 2. The number of benzene rings is 6. The number of aromatic hydroxyl groups is 2. The zero-order valence-electron chi connectivity index (χ0n) is 57.4. The van der Waals surface area contributed by atoms with Crippen molar-refractivity contribution in [2.24, 2.45) is 0 Å². The summed E-state index contributed by atoms with van der Waals surface area (Å²) < 4.78 is 45.0. The standard InChI is InChI=1S/2C22H20ClFN4O3.C14H15Cl2N3O.C13H12Cl3N3.CH3O.Na/c1-3-19(30)27-7-9-28(10-8-27)21-13-12-16(23)15(11-14(13)22(31-2)26-25-21)20-17(24)5-4-6-18(20)29;1-3-19(30)27-7-9-28(10-8-27)21-13-11-15(20-17(24)5-4-6-18(20)29)16(23)12-14(13)22(31-2)26-25-21;1-20-14-10-8-12(16)11(15)7-9(10)13(17-18-14)19-5-3-2-4-6-19;14-10-6-8-9(7-11(10)15)13(18-17-12(8)16)19-4-2-1-3-5-19;1-2;/h2*3-6,11-12,29H,1,7-10H2,2H3;7-8H,2-6H2,1H3;6-7H,1-5H2;1H3;/q;;;;-1;+1. The molecule has 8 heterocycles. The molecule has 0 spiro atoms. The van der Waals surface area contributed by atoms with Gasteiger partial charge in [-0.25, -0.2) is 8.78 Å². The number of carbonyl (C=O) groups excluding carboxylic acids is 2. The molecule has 10 aromatic rings. The van der Waals surface area contributed by atoms with E-state index in [1.165, 1.54) is 101 Å². The number of aromatic nitrogens is 8. The number of halogens is 9. The second-order valence-corrected chi connectivity index (χ2v) is 26.5. The van der Waals surface area contributed by atoms with Gasteiger partial charge >= 0.3 is 29.6 Å². The van der Waals surface area contributed by atoms with Gasteiger partial charge in [0.05, 0.1) is 68.7 Å². The van der Waals surface area contributed by atoms with Gasteiger partial charge in [-0.15, -0.1) is 40.8 Å². The first kappa shape index (κ1) is 80.3. The Kier molecular flexibility index (Phi) is 28.5. The van der Waals surface area contributed by atoms with Crippen LogP contribution >= 0.6 is 81.2 Å². The molecule has 2 N–H and O–H groups in total. The van der Waals surface area contributed by atoms with Crippen molar-refractivity contribution < 1.29 is 77.5 Å². The fourth-order valence-electron chi connectivity index (χ4n) is 12.6. The van der Waals surface area contributed by atoms with E-state index in [2.05, 4.69) is 63.7 Å². The number of rotatable bonds is 11. The molecular formula is C72H70Cl7F2N14NaO8. The van der Waals surface area contributed by atoms with E-state index in [1.807, 2.05) is 21.9 Å². The molecule has 0 saturated carbocycles. The number of ether oxygens (including phenoxy) is 3. The van der Waals surface area contributed by atoms with E-state index in [1.54, 1.807) is 53.3 Å². The van der Waals surface area contributed by atoms with E-state index in [4.69, 9.17) is 101 Å². The first-order valence-electron chi connectivity index (χ1n) is 32.5. The molecule has 104 heavy (non-hydrogen) atoms. The zero-order chi connectivity index (χ0) is 73.8. The molecule has 4 aliphatic rings. The predicted molar refractivity (Wildman–Crippen MR) is 403 cm³/mol. The third kappa shape index (κ3) is 17.8. The second kappa shape index (κ2) is 36.9. The monoisotopic (exact) mass is 1560 g/mol.